The zero-order valence-electron chi connectivity index (χ0n) is 8.78. The zero-order chi connectivity index (χ0) is 12.3. The topological polar surface area (TPSA) is 60.2 Å². The Hall–Kier alpha value is -0.650. The van der Waals surface area contributed by atoms with Gasteiger partial charge >= 0.3 is 0 Å². The van der Waals surface area contributed by atoms with E-state index in [0.29, 0.717) is 5.02 Å². The second-order valence-corrected chi connectivity index (χ2v) is 6.39. The maximum absolute atomic E-state index is 13.4. The van der Waals surface area contributed by atoms with Crippen molar-refractivity contribution in [1.29, 1.82) is 0 Å². The molecular weight excluding hydrogens is 253 g/mol. The SMILES string of the molecule is CS(=O)(=O)CCC(N)c1cc(Cl)ccc1F. The molecule has 0 saturated carbocycles. The molecule has 6 heteroatoms. The van der Waals surface area contributed by atoms with Gasteiger partial charge in [-0.1, -0.05) is 11.6 Å². The first-order valence-electron chi connectivity index (χ1n) is 4.68. The van der Waals surface area contributed by atoms with Crippen LogP contribution in [0.25, 0.3) is 0 Å². The molecule has 0 saturated heterocycles. The van der Waals surface area contributed by atoms with Gasteiger partial charge in [0.1, 0.15) is 15.7 Å². The molecule has 3 nitrogen and oxygen atoms in total. The highest BCUT2D eigenvalue weighted by atomic mass is 35.5. The number of hydrogen-bond acceptors (Lipinski definition) is 3. The fourth-order valence-corrected chi connectivity index (χ4v) is 2.16. The molecule has 1 aromatic rings. The van der Waals surface area contributed by atoms with Gasteiger partial charge in [0.2, 0.25) is 0 Å². The highest BCUT2D eigenvalue weighted by Gasteiger charge is 2.14. The third-order valence-electron chi connectivity index (χ3n) is 2.16. The van der Waals surface area contributed by atoms with Gasteiger partial charge in [-0.25, -0.2) is 12.8 Å². The van der Waals surface area contributed by atoms with Gasteiger partial charge in [0, 0.05) is 22.9 Å². The number of sulfone groups is 1. The van der Waals surface area contributed by atoms with Gasteiger partial charge in [0.05, 0.1) is 5.75 Å². The molecule has 16 heavy (non-hydrogen) atoms. The van der Waals surface area contributed by atoms with Gasteiger partial charge in [0.25, 0.3) is 0 Å². The first-order chi connectivity index (χ1) is 7.29. The third kappa shape index (κ3) is 4.08. The van der Waals surface area contributed by atoms with E-state index in [1.807, 2.05) is 0 Å². The van der Waals surface area contributed by atoms with Crippen molar-refractivity contribution in [1.82, 2.24) is 0 Å². The van der Waals surface area contributed by atoms with E-state index in [1.165, 1.54) is 18.2 Å². The Balaban J connectivity index is 2.80. The predicted octanol–water partition coefficient (Wildman–Crippen LogP) is 1.91. The van der Waals surface area contributed by atoms with Gasteiger partial charge in [-0.2, -0.15) is 0 Å². The number of benzene rings is 1. The third-order valence-corrected chi connectivity index (χ3v) is 3.37. The Kier molecular flexibility index (Phi) is 4.29. The van der Waals surface area contributed by atoms with Crippen LogP contribution in [-0.2, 0) is 9.84 Å². The molecule has 90 valence electrons. The molecule has 1 atom stereocenters. The van der Waals surface area contributed by atoms with E-state index in [2.05, 4.69) is 0 Å². The van der Waals surface area contributed by atoms with Crippen molar-refractivity contribution in [3.63, 3.8) is 0 Å². The average molecular weight is 266 g/mol. The number of nitrogens with two attached hydrogens (primary N) is 1. The molecule has 2 N–H and O–H groups in total. The van der Waals surface area contributed by atoms with Gasteiger partial charge in [-0.15, -0.1) is 0 Å². The van der Waals surface area contributed by atoms with Crippen molar-refractivity contribution in [3.8, 4) is 0 Å². The fraction of sp³-hybridized carbons (Fsp3) is 0.400. The molecular formula is C10H13ClFNO2S. The molecule has 0 aliphatic carbocycles. The fourth-order valence-electron chi connectivity index (χ4n) is 1.30. The van der Waals surface area contributed by atoms with E-state index in [1.54, 1.807) is 0 Å². The lowest BCUT2D eigenvalue weighted by Gasteiger charge is -2.12. The van der Waals surface area contributed by atoms with E-state index < -0.39 is 21.7 Å². The van der Waals surface area contributed by atoms with E-state index in [9.17, 15) is 12.8 Å². The average Bonchev–Trinajstić information content (AvgIpc) is 2.17. The van der Waals surface area contributed by atoms with Crippen molar-refractivity contribution in [2.45, 2.75) is 12.5 Å². The van der Waals surface area contributed by atoms with Crippen LogP contribution < -0.4 is 5.73 Å². The van der Waals surface area contributed by atoms with Crippen LogP contribution in [0.1, 0.15) is 18.0 Å². The quantitative estimate of drug-likeness (QED) is 0.905. The summed E-state index contributed by atoms with van der Waals surface area (Å²) in [5, 5.41) is 0.381. The zero-order valence-corrected chi connectivity index (χ0v) is 10.4. The summed E-state index contributed by atoms with van der Waals surface area (Å²) in [6.07, 6.45) is 1.30. The normalized spacial score (nSPS) is 13.8. The van der Waals surface area contributed by atoms with Crippen molar-refractivity contribution < 1.29 is 12.8 Å². The van der Waals surface area contributed by atoms with Gasteiger partial charge in [0.15, 0.2) is 0 Å². The van der Waals surface area contributed by atoms with E-state index in [4.69, 9.17) is 17.3 Å². The maximum Gasteiger partial charge on any atom is 0.147 e. The van der Waals surface area contributed by atoms with Crippen molar-refractivity contribution in [2.75, 3.05) is 12.0 Å². The number of halogens is 2. The van der Waals surface area contributed by atoms with Crippen molar-refractivity contribution in [3.05, 3.63) is 34.6 Å². The molecule has 0 radical (unpaired) electrons. The Morgan fingerprint density at radius 2 is 2.12 bits per heavy atom. The van der Waals surface area contributed by atoms with Gasteiger partial charge in [-0.05, 0) is 24.6 Å². The van der Waals surface area contributed by atoms with Crippen LogP contribution in [0.3, 0.4) is 0 Å². The Labute approximate surface area is 99.3 Å². The lowest BCUT2D eigenvalue weighted by molar-refractivity contribution is 0.566. The van der Waals surface area contributed by atoms with Crippen LogP contribution in [0.5, 0.6) is 0 Å². The summed E-state index contributed by atoms with van der Waals surface area (Å²) < 4.78 is 35.2. The Morgan fingerprint density at radius 3 is 2.69 bits per heavy atom. The lowest BCUT2D eigenvalue weighted by Crippen LogP contribution is -2.16. The summed E-state index contributed by atoms with van der Waals surface area (Å²) in [6.45, 7) is 0. The lowest BCUT2D eigenvalue weighted by atomic mass is 10.1. The first-order valence-corrected chi connectivity index (χ1v) is 7.11. The maximum atomic E-state index is 13.4. The molecule has 1 aromatic carbocycles. The molecule has 0 fully saturated rings. The van der Waals surface area contributed by atoms with Crippen LogP contribution in [0, 0.1) is 5.82 Å². The molecule has 0 aromatic heterocycles. The minimum absolute atomic E-state index is 0.0693. The highest BCUT2D eigenvalue weighted by Crippen LogP contribution is 2.22. The summed E-state index contributed by atoms with van der Waals surface area (Å²) in [5.74, 6) is -0.537. The summed E-state index contributed by atoms with van der Waals surface area (Å²) in [5.41, 5.74) is 5.96. The van der Waals surface area contributed by atoms with Crippen LogP contribution in [0.2, 0.25) is 5.02 Å². The highest BCUT2D eigenvalue weighted by molar-refractivity contribution is 7.90. The van der Waals surface area contributed by atoms with Crippen molar-refractivity contribution >= 4 is 21.4 Å². The minimum atomic E-state index is -3.09. The molecule has 1 unspecified atom stereocenters. The van der Waals surface area contributed by atoms with E-state index >= 15 is 0 Å². The molecule has 0 heterocycles. The summed E-state index contributed by atoms with van der Waals surface area (Å²) in [6, 6.07) is 3.40. The number of rotatable bonds is 4. The molecule has 0 amide bonds. The summed E-state index contributed by atoms with van der Waals surface area (Å²) in [7, 11) is -3.09. The molecule has 0 spiro atoms. The summed E-state index contributed by atoms with van der Waals surface area (Å²) in [4.78, 5) is 0. The largest absolute Gasteiger partial charge is 0.324 e. The first kappa shape index (κ1) is 13.4. The monoisotopic (exact) mass is 265 g/mol. The van der Waals surface area contributed by atoms with Gasteiger partial charge < -0.3 is 5.73 Å². The van der Waals surface area contributed by atoms with Gasteiger partial charge in [-0.3, -0.25) is 0 Å². The Bertz CT molecular complexity index is 476. The minimum Gasteiger partial charge on any atom is -0.324 e. The molecule has 1 rings (SSSR count). The molecule has 0 aliphatic rings. The van der Waals surface area contributed by atoms with Crippen LogP contribution in [0.15, 0.2) is 18.2 Å². The second-order valence-electron chi connectivity index (χ2n) is 3.69. The van der Waals surface area contributed by atoms with Crippen LogP contribution in [0.4, 0.5) is 4.39 Å². The second kappa shape index (κ2) is 5.12. The Morgan fingerprint density at radius 1 is 1.50 bits per heavy atom. The molecule has 0 bridgehead atoms. The van der Waals surface area contributed by atoms with Crippen LogP contribution in [-0.4, -0.2) is 20.4 Å². The van der Waals surface area contributed by atoms with E-state index in [0.717, 1.165) is 6.26 Å². The smallest absolute Gasteiger partial charge is 0.147 e. The van der Waals surface area contributed by atoms with Crippen LogP contribution >= 0.6 is 11.6 Å². The van der Waals surface area contributed by atoms with E-state index in [-0.39, 0.29) is 17.7 Å². The van der Waals surface area contributed by atoms with Crippen molar-refractivity contribution in [2.24, 2.45) is 5.73 Å². The summed E-state index contributed by atoms with van der Waals surface area (Å²) >= 11 is 5.71. The number of hydrogen-bond donors (Lipinski definition) is 1. The molecule has 0 aliphatic heterocycles. The predicted molar refractivity (Wildman–Crippen MR) is 62.7 cm³/mol. The standard InChI is InChI=1S/C10H13ClFNO2S/c1-16(14,15)5-4-10(13)8-6-7(11)2-3-9(8)12/h2-3,6,10H,4-5,13H2,1H3.